The van der Waals surface area contributed by atoms with Crippen molar-refractivity contribution in [2.45, 2.75) is 82.1 Å². The van der Waals surface area contributed by atoms with Gasteiger partial charge in [0.2, 0.25) is 9.70 Å². The summed E-state index contributed by atoms with van der Waals surface area (Å²) in [7, 11) is 0. The van der Waals surface area contributed by atoms with Crippen molar-refractivity contribution in [2.24, 2.45) is 0 Å². The molecule has 1 unspecified atom stereocenters. The Morgan fingerprint density at radius 3 is 2.28 bits per heavy atom. The highest BCUT2D eigenvalue weighted by Crippen LogP contribution is 2.29. The molecule has 0 radical (unpaired) electrons. The zero-order valence-corrected chi connectivity index (χ0v) is 20.5. The largest absolute Gasteiger partial charge is 0.339 e. The van der Waals surface area contributed by atoms with Gasteiger partial charge in [0.15, 0.2) is 5.11 Å². The molecule has 0 saturated heterocycles. The Kier molecular flexibility index (Phi) is 12.3. The lowest BCUT2D eigenvalue weighted by Crippen LogP contribution is -2.56. The average molecular weight is 481 g/mol. The molecule has 1 atom stereocenters. The van der Waals surface area contributed by atoms with Crippen LogP contribution in [-0.2, 0) is 4.79 Å². The minimum Gasteiger partial charge on any atom is -0.339 e. The quantitative estimate of drug-likeness (QED) is 0.146. The van der Waals surface area contributed by atoms with E-state index in [-0.39, 0.29) is 11.0 Å². The Labute approximate surface area is 195 Å². The normalized spacial score (nSPS) is 12.3. The Hall–Kier alpha value is -0.750. The molecule has 8 heteroatoms. The molecule has 0 spiro atoms. The van der Waals surface area contributed by atoms with Gasteiger partial charge in [0.25, 0.3) is 0 Å². The van der Waals surface area contributed by atoms with Crippen LogP contribution in [0.25, 0.3) is 0 Å². The van der Waals surface area contributed by atoms with E-state index in [9.17, 15) is 4.79 Å². The lowest BCUT2D eigenvalue weighted by Gasteiger charge is -2.28. The van der Waals surface area contributed by atoms with Gasteiger partial charge in [-0.05, 0) is 49.7 Å². The van der Waals surface area contributed by atoms with Crippen LogP contribution in [0.3, 0.4) is 0 Å². The van der Waals surface area contributed by atoms with Crippen molar-refractivity contribution in [1.82, 2.24) is 10.6 Å². The number of nitrogens with one attached hydrogen (secondary N) is 3. The van der Waals surface area contributed by atoms with E-state index in [0.717, 1.165) is 36.1 Å². The van der Waals surface area contributed by atoms with Crippen molar-refractivity contribution >= 4 is 63.7 Å². The molecule has 1 rings (SSSR count). The minimum absolute atomic E-state index is 0.170. The van der Waals surface area contributed by atoms with Crippen LogP contribution >= 0.6 is 47.0 Å². The summed E-state index contributed by atoms with van der Waals surface area (Å²) in [6.45, 7) is 6.17. The second kappa shape index (κ2) is 13.5. The molecule has 4 nitrogen and oxygen atoms in total. The highest BCUT2D eigenvalue weighted by atomic mass is 35.6. The maximum absolute atomic E-state index is 12.3. The van der Waals surface area contributed by atoms with E-state index in [1.807, 2.05) is 32.0 Å². The summed E-state index contributed by atoms with van der Waals surface area (Å²) in [6.07, 6.45) is 7.41. The van der Waals surface area contributed by atoms with E-state index in [1.165, 1.54) is 25.7 Å². The van der Waals surface area contributed by atoms with E-state index < -0.39 is 9.96 Å². The summed E-state index contributed by atoms with van der Waals surface area (Å²) >= 11 is 23.5. The maximum Gasteiger partial charge on any atom is 0.228 e. The maximum atomic E-state index is 12.3. The van der Waals surface area contributed by atoms with Crippen LogP contribution in [0.5, 0.6) is 0 Å². The summed E-state index contributed by atoms with van der Waals surface area (Å²) in [5.41, 5.74) is 3.00. The van der Waals surface area contributed by atoms with Crippen LogP contribution in [-0.4, -0.2) is 21.0 Å². The summed E-state index contributed by atoms with van der Waals surface area (Å²) in [5.74, 6) is -0.170. The number of carbonyl (C=O) groups is 1. The highest BCUT2D eigenvalue weighted by molar-refractivity contribution is 7.80. The average Bonchev–Trinajstić information content (AvgIpc) is 2.62. The van der Waals surface area contributed by atoms with Crippen LogP contribution in [0.4, 0.5) is 5.69 Å². The lowest BCUT2D eigenvalue weighted by molar-refractivity contribution is -0.122. The molecule has 3 N–H and O–H groups in total. The summed E-state index contributed by atoms with van der Waals surface area (Å²) in [4.78, 5) is 12.3. The monoisotopic (exact) mass is 479 g/mol. The van der Waals surface area contributed by atoms with Gasteiger partial charge in [-0.25, -0.2) is 0 Å². The van der Waals surface area contributed by atoms with Gasteiger partial charge in [-0.2, -0.15) is 0 Å². The number of alkyl halides is 3. The Morgan fingerprint density at radius 1 is 1.03 bits per heavy atom. The number of anilines is 1. The fourth-order valence-corrected chi connectivity index (χ4v) is 3.39. The van der Waals surface area contributed by atoms with Gasteiger partial charge in [0, 0.05) is 12.1 Å². The number of unbranched alkanes of at least 4 members (excludes halogenated alkanes) is 6. The zero-order valence-electron chi connectivity index (χ0n) is 17.4. The molecule has 0 aliphatic heterocycles. The van der Waals surface area contributed by atoms with Gasteiger partial charge in [0.05, 0.1) is 0 Å². The highest BCUT2D eigenvalue weighted by Gasteiger charge is 2.34. The van der Waals surface area contributed by atoms with Gasteiger partial charge in [-0.3, -0.25) is 4.79 Å². The molecule has 1 aromatic rings. The number of thiocarbonyl (C=S) groups is 1. The number of benzene rings is 1. The molecule has 1 aromatic carbocycles. The summed E-state index contributed by atoms with van der Waals surface area (Å²) in [6, 6.07) is 5.99. The Balaban J connectivity index is 2.50. The molecule has 0 aromatic heterocycles. The van der Waals surface area contributed by atoms with Crippen molar-refractivity contribution < 1.29 is 4.79 Å². The van der Waals surface area contributed by atoms with Crippen molar-refractivity contribution in [3.8, 4) is 0 Å². The number of halogens is 3. The van der Waals surface area contributed by atoms with Gasteiger partial charge >= 0.3 is 0 Å². The van der Waals surface area contributed by atoms with Crippen LogP contribution in [0.2, 0.25) is 0 Å². The molecular weight excluding hydrogens is 449 g/mol. The molecule has 164 valence electrons. The number of amides is 1. The van der Waals surface area contributed by atoms with Crippen molar-refractivity contribution in [1.29, 1.82) is 0 Å². The first kappa shape index (κ1) is 26.3. The van der Waals surface area contributed by atoms with Crippen molar-refractivity contribution in [2.75, 3.05) is 5.32 Å². The third-order valence-corrected chi connectivity index (χ3v) is 5.43. The standard InChI is InChI=1S/C21H32Cl3N3OS/c1-4-5-6-7-8-9-10-11-18(28)26-19(21(22,23)24)27-20(29)25-17-14-15(2)12-13-16(17)3/h12-14,19H,4-11H2,1-3H3,(H,26,28)(H2,25,27,29). The topological polar surface area (TPSA) is 53.2 Å². The molecule has 0 fully saturated rings. The van der Waals surface area contributed by atoms with Gasteiger partial charge < -0.3 is 16.0 Å². The third-order valence-electron chi connectivity index (χ3n) is 4.56. The fraction of sp³-hybridized carbons (Fsp3) is 0.619. The molecule has 0 aliphatic rings. The predicted molar refractivity (Wildman–Crippen MR) is 130 cm³/mol. The second-order valence-electron chi connectivity index (χ2n) is 7.33. The number of hydrogen-bond acceptors (Lipinski definition) is 2. The molecule has 29 heavy (non-hydrogen) atoms. The molecule has 0 saturated carbocycles. The molecular formula is C21H32Cl3N3OS. The van der Waals surface area contributed by atoms with E-state index in [0.29, 0.717) is 6.42 Å². The van der Waals surface area contributed by atoms with E-state index in [2.05, 4.69) is 22.9 Å². The first-order valence-electron chi connectivity index (χ1n) is 10.1. The number of hydrogen-bond donors (Lipinski definition) is 3. The fourth-order valence-electron chi connectivity index (χ4n) is 2.84. The smallest absolute Gasteiger partial charge is 0.228 e. The van der Waals surface area contributed by atoms with Crippen molar-refractivity contribution in [3.05, 3.63) is 29.3 Å². The van der Waals surface area contributed by atoms with Gasteiger partial charge in [-0.15, -0.1) is 0 Å². The first-order chi connectivity index (χ1) is 13.6. The summed E-state index contributed by atoms with van der Waals surface area (Å²) < 4.78 is -1.75. The third kappa shape index (κ3) is 11.3. The number of aryl methyl sites for hydroxylation is 2. The molecule has 0 bridgehead atoms. The van der Waals surface area contributed by atoms with Crippen LogP contribution in [0.1, 0.15) is 69.4 Å². The van der Waals surface area contributed by atoms with E-state index >= 15 is 0 Å². The van der Waals surface area contributed by atoms with Crippen LogP contribution in [0.15, 0.2) is 18.2 Å². The van der Waals surface area contributed by atoms with Crippen LogP contribution in [0, 0.1) is 13.8 Å². The first-order valence-corrected chi connectivity index (χ1v) is 11.7. The van der Waals surface area contributed by atoms with Crippen molar-refractivity contribution in [3.63, 3.8) is 0 Å². The van der Waals surface area contributed by atoms with Gasteiger partial charge in [0.1, 0.15) is 6.17 Å². The SMILES string of the molecule is CCCCCCCCCC(=O)NC(NC(=S)Nc1cc(C)ccc1C)C(Cl)(Cl)Cl. The Bertz CT molecular complexity index is 665. The second-order valence-corrected chi connectivity index (χ2v) is 10.1. The molecule has 0 aliphatic carbocycles. The lowest BCUT2D eigenvalue weighted by atomic mass is 10.1. The zero-order chi connectivity index (χ0) is 21.9. The summed E-state index contributed by atoms with van der Waals surface area (Å²) in [5, 5.41) is 9.00. The number of rotatable bonds is 11. The number of carbonyl (C=O) groups excluding carboxylic acids is 1. The Morgan fingerprint density at radius 2 is 1.66 bits per heavy atom. The molecule has 0 heterocycles. The van der Waals surface area contributed by atoms with Crippen LogP contribution < -0.4 is 16.0 Å². The van der Waals surface area contributed by atoms with Gasteiger partial charge in [-0.1, -0.05) is 92.4 Å². The van der Waals surface area contributed by atoms with E-state index in [4.69, 9.17) is 47.0 Å². The molecule has 1 amide bonds. The van der Waals surface area contributed by atoms with E-state index in [1.54, 1.807) is 0 Å². The minimum atomic E-state index is -1.75. The predicted octanol–water partition coefficient (Wildman–Crippen LogP) is 6.54.